The average molecular weight is 439 g/mol. The molecule has 5 rings (SSSR count). The maximum Gasteiger partial charge on any atom is 0.130 e. The lowest BCUT2D eigenvalue weighted by molar-refractivity contribution is -0.0987. The van der Waals surface area contributed by atoms with Crippen molar-refractivity contribution in [1.82, 2.24) is 4.90 Å². The Kier molecular flexibility index (Phi) is 5.96. The van der Waals surface area contributed by atoms with E-state index in [1.807, 2.05) is 0 Å². The zero-order valence-corrected chi connectivity index (χ0v) is 20.2. The van der Waals surface area contributed by atoms with Crippen molar-refractivity contribution in [2.75, 3.05) is 26.2 Å². The van der Waals surface area contributed by atoms with Gasteiger partial charge in [0.2, 0.25) is 0 Å². The molecule has 4 heteroatoms. The monoisotopic (exact) mass is 438 g/mol. The second-order valence-corrected chi connectivity index (χ2v) is 11.8. The van der Waals surface area contributed by atoms with Gasteiger partial charge in [0, 0.05) is 12.0 Å². The molecule has 0 amide bonds. The molecule has 0 bridgehead atoms. The summed E-state index contributed by atoms with van der Waals surface area (Å²) in [6.07, 6.45) is 20.9. The quantitative estimate of drug-likeness (QED) is 0.374. The Labute approximate surface area is 194 Å². The first-order valence-electron chi connectivity index (χ1n) is 13.2. The summed E-state index contributed by atoms with van der Waals surface area (Å²) < 4.78 is 0. The molecule has 0 aromatic heterocycles. The number of aliphatic hydroxyl groups is 1. The van der Waals surface area contributed by atoms with Crippen LogP contribution in [0.3, 0.4) is 0 Å². The van der Waals surface area contributed by atoms with Crippen LogP contribution < -0.4 is 0 Å². The van der Waals surface area contributed by atoms with Crippen LogP contribution in [0.1, 0.15) is 84.5 Å². The first kappa shape index (κ1) is 22.5. The van der Waals surface area contributed by atoms with Crippen LogP contribution in [0, 0.1) is 40.9 Å². The molecule has 0 radical (unpaired) electrons. The van der Waals surface area contributed by atoms with Crippen molar-refractivity contribution in [3.63, 3.8) is 0 Å². The Morgan fingerprint density at radius 1 is 1.09 bits per heavy atom. The van der Waals surface area contributed by atoms with E-state index in [9.17, 15) is 5.11 Å². The molecule has 6 atom stereocenters. The van der Waals surface area contributed by atoms with E-state index in [4.69, 9.17) is 11.3 Å². The van der Waals surface area contributed by atoms with Gasteiger partial charge < -0.3 is 9.94 Å². The smallest absolute Gasteiger partial charge is 0.130 e. The van der Waals surface area contributed by atoms with Gasteiger partial charge in [0.05, 0.1) is 5.71 Å². The standard InChI is InChI=1S/C28H42N2O2/c1-4-28(31)15-12-25-23-9-8-21-20-22(29-32-19-18-30-16-6-5-7-17-30)10-13-26(21,2)24(23)11-14-27(25,28)3/h1,20,23-25,31H,5-19H2,2-3H3. The molecular weight excluding hydrogens is 396 g/mol. The fraction of sp³-hybridized carbons (Fsp3) is 0.821. The first-order chi connectivity index (χ1) is 15.4. The van der Waals surface area contributed by atoms with Crippen LogP contribution in [0.5, 0.6) is 0 Å². The molecule has 4 nitrogen and oxygen atoms in total. The SMILES string of the molecule is C#CC1(O)CCC2C3CCC4=CC(=NOCCN5CCCCC5)CCC4(C)C3CCC21C. The summed E-state index contributed by atoms with van der Waals surface area (Å²) >= 11 is 0. The molecule has 1 heterocycles. The van der Waals surface area contributed by atoms with Gasteiger partial charge in [0.1, 0.15) is 12.2 Å². The van der Waals surface area contributed by atoms with Crippen molar-refractivity contribution in [3.05, 3.63) is 11.6 Å². The minimum Gasteiger partial charge on any atom is -0.394 e. The molecule has 1 aliphatic heterocycles. The van der Waals surface area contributed by atoms with E-state index in [2.05, 4.69) is 35.9 Å². The number of nitrogens with zero attached hydrogens (tertiary/aromatic N) is 2. The van der Waals surface area contributed by atoms with Crippen LogP contribution in [-0.2, 0) is 4.84 Å². The Morgan fingerprint density at radius 3 is 2.66 bits per heavy atom. The van der Waals surface area contributed by atoms with Crippen LogP contribution in [0.15, 0.2) is 16.8 Å². The van der Waals surface area contributed by atoms with E-state index in [-0.39, 0.29) is 10.8 Å². The number of fused-ring (bicyclic) bond motifs is 5. The highest BCUT2D eigenvalue weighted by atomic mass is 16.6. The fourth-order valence-corrected chi connectivity index (χ4v) is 8.38. The second kappa shape index (κ2) is 8.48. The van der Waals surface area contributed by atoms with Gasteiger partial charge in [-0.05, 0) is 107 Å². The fourth-order valence-electron chi connectivity index (χ4n) is 8.38. The summed E-state index contributed by atoms with van der Waals surface area (Å²) in [6.45, 7) is 8.91. The lowest BCUT2D eigenvalue weighted by Crippen LogP contribution is -2.54. The number of hydrogen-bond donors (Lipinski definition) is 1. The van der Waals surface area contributed by atoms with E-state index in [0.29, 0.717) is 24.4 Å². The minimum absolute atomic E-state index is 0.107. The molecule has 5 aliphatic rings. The van der Waals surface area contributed by atoms with E-state index < -0.39 is 5.60 Å². The van der Waals surface area contributed by atoms with E-state index in [1.165, 1.54) is 51.6 Å². The predicted octanol–water partition coefficient (Wildman–Crippen LogP) is 5.17. The molecule has 32 heavy (non-hydrogen) atoms. The highest BCUT2D eigenvalue weighted by molar-refractivity contribution is 5.96. The van der Waals surface area contributed by atoms with Crippen molar-refractivity contribution in [3.8, 4) is 12.3 Å². The van der Waals surface area contributed by atoms with Gasteiger partial charge in [0.25, 0.3) is 0 Å². The highest BCUT2D eigenvalue weighted by Crippen LogP contribution is 2.67. The third-order valence-electron chi connectivity index (χ3n) is 10.5. The van der Waals surface area contributed by atoms with E-state index >= 15 is 0 Å². The number of hydrogen-bond acceptors (Lipinski definition) is 4. The largest absolute Gasteiger partial charge is 0.394 e. The topological polar surface area (TPSA) is 45.1 Å². The van der Waals surface area contributed by atoms with E-state index in [1.54, 1.807) is 5.57 Å². The van der Waals surface area contributed by atoms with Crippen molar-refractivity contribution in [2.45, 2.75) is 90.1 Å². The number of rotatable bonds is 4. The number of oxime groups is 1. The van der Waals surface area contributed by atoms with Crippen molar-refractivity contribution < 1.29 is 9.94 Å². The van der Waals surface area contributed by atoms with Crippen LogP contribution in [0.2, 0.25) is 0 Å². The van der Waals surface area contributed by atoms with Crippen molar-refractivity contribution >= 4 is 5.71 Å². The lowest BCUT2D eigenvalue weighted by Gasteiger charge is -2.58. The van der Waals surface area contributed by atoms with Crippen molar-refractivity contribution in [1.29, 1.82) is 0 Å². The molecule has 176 valence electrons. The van der Waals surface area contributed by atoms with Crippen molar-refractivity contribution in [2.24, 2.45) is 33.7 Å². The van der Waals surface area contributed by atoms with Gasteiger partial charge in [-0.25, -0.2) is 0 Å². The molecule has 6 unspecified atom stereocenters. The van der Waals surface area contributed by atoms with Crippen LogP contribution >= 0.6 is 0 Å². The molecule has 0 spiro atoms. The molecule has 4 fully saturated rings. The van der Waals surface area contributed by atoms with Gasteiger partial charge in [0.15, 0.2) is 0 Å². The Hall–Kier alpha value is -1.31. The molecule has 1 saturated heterocycles. The maximum atomic E-state index is 11.2. The third-order valence-corrected chi connectivity index (χ3v) is 10.5. The summed E-state index contributed by atoms with van der Waals surface area (Å²) in [5, 5.41) is 15.7. The summed E-state index contributed by atoms with van der Waals surface area (Å²) in [5.41, 5.74) is 1.99. The number of piperidine rings is 1. The highest BCUT2D eigenvalue weighted by Gasteiger charge is 2.63. The van der Waals surface area contributed by atoms with Crippen LogP contribution in [0.25, 0.3) is 0 Å². The molecule has 4 aliphatic carbocycles. The van der Waals surface area contributed by atoms with Crippen LogP contribution in [0.4, 0.5) is 0 Å². The first-order valence-corrected chi connectivity index (χ1v) is 13.2. The maximum absolute atomic E-state index is 11.2. The minimum atomic E-state index is -0.905. The molecule has 0 aromatic rings. The Bertz CT molecular complexity index is 822. The Balaban J connectivity index is 1.25. The summed E-state index contributed by atoms with van der Waals surface area (Å²) in [6, 6.07) is 0. The lowest BCUT2D eigenvalue weighted by atomic mass is 9.46. The molecule has 3 saturated carbocycles. The zero-order chi connectivity index (χ0) is 22.4. The van der Waals surface area contributed by atoms with Gasteiger partial charge in [-0.15, -0.1) is 6.42 Å². The average Bonchev–Trinajstić information content (AvgIpc) is 3.09. The normalized spacial score (nSPS) is 45.4. The molecule has 1 N–H and O–H groups in total. The number of likely N-dealkylation sites (tertiary alicyclic amines) is 1. The molecule has 0 aromatic carbocycles. The summed E-state index contributed by atoms with van der Waals surface area (Å²) in [5.74, 6) is 4.77. The summed E-state index contributed by atoms with van der Waals surface area (Å²) in [4.78, 5) is 8.26. The Morgan fingerprint density at radius 2 is 1.88 bits per heavy atom. The van der Waals surface area contributed by atoms with Gasteiger partial charge >= 0.3 is 0 Å². The summed E-state index contributed by atoms with van der Waals surface area (Å²) in [7, 11) is 0. The number of allylic oxidation sites excluding steroid dienone is 2. The van der Waals surface area contributed by atoms with Gasteiger partial charge in [-0.1, -0.05) is 36.9 Å². The zero-order valence-electron chi connectivity index (χ0n) is 20.2. The van der Waals surface area contributed by atoms with Gasteiger partial charge in [-0.3, -0.25) is 4.90 Å². The number of terminal acetylenes is 1. The third kappa shape index (κ3) is 3.55. The van der Waals surface area contributed by atoms with Crippen LogP contribution in [-0.4, -0.2) is 47.6 Å². The van der Waals surface area contributed by atoms with Gasteiger partial charge in [-0.2, -0.15) is 0 Å². The molecular formula is C28H42N2O2. The second-order valence-electron chi connectivity index (χ2n) is 11.8. The van der Waals surface area contributed by atoms with E-state index in [0.717, 1.165) is 44.4 Å². The predicted molar refractivity (Wildman–Crippen MR) is 129 cm³/mol.